The lowest BCUT2D eigenvalue weighted by Crippen LogP contribution is -1.83. The monoisotopic (exact) mass is 299 g/mol. The predicted molar refractivity (Wildman–Crippen MR) is 75.8 cm³/mol. The Bertz CT molecular complexity index is 397. The maximum absolute atomic E-state index is 12.7. The summed E-state index contributed by atoms with van der Waals surface area (Å²) in [6, 6.07) is 4.58. The molecule has 0 aliphatic heterocycles. The van der Waals surface area contributed by atoms with Gasteiger partial charge in [0.15, 0.2) is 0 Å². The lowest BCUT2D eigenvalue weighted by molar-refractivity contribution is 0.627. The fraction of sp³-hybridized carbons (Fsp3) is 0.500. The Labute approximate surface area is 111 Å². The van der Waals surface area contributed by atoms with Crippen LogP contribution in [0.25, 0.3) is 0 Å². The molecule has 0 aromatic heterocycles. The SMILES string of the molecule is CC1CC1.CCC(Br)=Nc1ccc(F)cc1C. The molecule has 0 atom stereocenters. The quantitative estimate of drug-likeness (QED) is 0.650. The number of nitrogens with zero attached hydrogens (tertiary/aromatic N) is 1. The minimum Gasteiger partial charge on any atom is -0.246 e. The van der Waals surface area contributed by atoms with Gasteiger partial charge < -0.3 is 0 Å². The van der Waals surface area contributed by atoms with Crippen molar-refractivity contribution in [3.63, 3.8) is 0 Å². The highest BCUT2D eigenvalue weighted by atomic mass is 79.9. The smallest absolute Gasteiger partial charge is 0.123 e. The zero-order valence-electron chi connectivity index (χ0n) is 10.6. The van der Waals surface area contributed by atoms with Crippen LogP contribution in [0.5, 0.6) is 0 Å². The molecule has 0 heterocycles. The highest BCUT2D eigenvalue weighted by molar-refractivity contribution is 9.18. The molecule has 0 N–H and O–H groups in total. The number of halogens is 2. The van der Waals surface area contributed by atoms with E-state index in [0.717, 1.165) is 28.2 Å². The molecule has 1 aromatic rings. The maximum atomic E-state index is 12.7. The van der Waals surface area contributed by atoms with Crippen LogP contribution in [0, 0.1) is 18.7 Å². The predicted octanol–water partition coefficient (Wildman–Crippen LogP) is 5.39. The van der Waals surface area contributed by atoms with E-state index >= 15 is 0 Å². The third-order valence-corrected chi connectivity index (χ3v) is 3.30. The number of hydrogen-bond acceptors (Lipinski definition) is 1. The highest BCUT2D eigenvalue weighted by Crippen LogP contribution is 2.26. The zero-order chi connectivity index (χ0) is 12.8. The van der Waals surface area contributed by atoms with Gasteiger partial charge in [-0.05, 0) is 59.0 Å². The van der Waals surface area contributed by atoms with Crippen LogP contribution >= 0.6 is 15.9 Å². The number of hydrogen-bond donors (Lipinski definition) is 0. The Kier molecular flexibility index (Phi) is 5.83. The van der Waals surface area contributed by atoms with Crippen molar-refractivity contribution in [2.45, 2.75) is 40.0 Å². The van der Waals surface area contributed by atoms with Crippen LogP contribution in [0.4, 0.5) is 10.1 Å². The van der Waals surface area contributed by atoms with E-state index in [1.165, 1.54) is 25.0 Å². The van der Waals surface area contributed by atoms with Gasteiger partial charge in [0.25, 0.3) is 0 Å². The fourth-order valence-corrected chi connectivity index (χ4v) is 1.31. The van der Waals surface area contributed by atoms with Crippen LogP contribution in [-0.4, -0.2) is 4.62 Å². The lowest BCUT2D eigenvalue weighted by atomic mass is 10.2. The second-order valence-corrected chi connectivity index (χ2v) is 5.37. The molecule has 1 aromatic carbocycles. The molecule has 2 rings (SSSR count). The van der Waals surface area contributed by atoms with Crippen LogP contribution < -0.4 is 0 Å². The molecule has 94 valence electrons. The van der Waals surface area contributed by atoms with Gasteiger partial charge in [0.2, 0.25) is 0 Å². The molecule has 0 radical (unpaired) electrons. The van der Waals surface area contributed by atoms with Crippen LogP contribution in [0.1, 0.15) is 38.7 Å². The summed E-state index contributed by atoms with van der Waals surface area (Å²) < 4.78 is 13.6. The van der Waals surface area contributed by atoms with Gasteiger partial charge in [-0.15, -0.1) is 0 Å². The van der Waals surface area contributed by atoms with Crippen molar-refractivity contribution in [1.82, 2.24) is 0 Å². The fourth-order valence-electron chi connectivity index (χ4n) is 1.12. The minimum absolute atomic E-state index is 0.218. The molecular weight excluding hydrogens is 281 g/mol. The summed E-state index contributed by atoms with van der Waals surface area (Å²) in [5, 5.41) is 0. The standard InChI is InChI=1S/C10H11BrFN.C4H8/c1-3-10(11)13-9-5-4-8(12)6-7(9)2;1-4-2-3-4/h4-6H,3H2,1-2H3;4H,2-3H2,1H3. The first-order valence-corrected chi connectivity index (χ1v) is 6.81. The molecule has 0 bridgehead atoms. The van der Waals surface area contributed by atoms with Crippen molar-refractivity contribution >= 4 is 26.2 Å². The number of rotatable bonds is 2. The van der Waals surface area contributed by atoms with E-state index in [1.54, 1.807) is 6.07 Å². The van der Waals surface area contributed by atoms with Crippen LogP contribution in [0.2, 0.25) is 0 Å². The topological polar surface area (TPSA) is 12.4 Å². The number of benzene rings is 1. The second kappa shape index (κ2) is 6.90. The number of aliphatic imine (C=N–C) groups is 1. The van der Waals surface area contributed by atoms with E-state index in [0.29, 0.717) is 0 Å². The second-order valence-electron chi connectivity index (χ2n) is 4.45. The molecule has 0 unspecified atom stereocenters. The molecular formula is C14H19BrFN. The first-order valence-electron chi connectivity index (χ1n) is 6.02. The number of aryl methyl sites for hydroxylation is 1. The first kappa shape index (κ1) is 14.4. The van der Waals surface area contributed by atoms with Crippen molar-refractivity contribution < 1.29 is 4.39 Å². The van der Waals surface area contributed by atoms with Gasteiger partial charge in [0.05, 0.1) is 10.3 Å². The third-order valence-electron chi connectivity index (χ3n) is 2.56. The highest BCUT2D eigenvalue weighted by Gasteiger charge is 2.12. The van der Waals surface area contributed by atoms with E-state index in [1.807, 2.05) is 13.8 Å². The van der Waals surface area contributed by atoms with Crippen molar-refractivity contribution in [3.05, 3.63) is 29.6 Å². The van der Waals surface area contributed by atoms with Crippen molar-refractivity contribution in [1.29, 1.82) is 0 Å². The Morgan fingerprint density at radius 2 is 2.06 bits per heavy atom. The van der Waals surface area contributed by atoms with Gasteiger partial charge in [-0.1, -0.05) is 26.7 Å². The van der Waals surface area contributed by atoms with E-state index in [4.69, 9.17) is 0 Å². The normalized spacial score (nSPS) is 15.2. The van der Waals surface area contributed by atoms with Gasteiger partial charge in [0.1, 0.15) is 5.82 Å². The molecule has 17 heavy (non-hydrogen) atoms. The van der Waals surface area contributed by atoms with E-state index in [-0.39, 0.29) is 5.82 Å². The Morgan fingerprint density at radius 1 is 1.47 bits per heavy atom. The van der Waals surface area contributed by atoms with Crippen molar-refractivity contribution in [3.8, 4) is 0 Å². The Morgan fingerprint density at radius 3 is 2.47 bits per heavy atom. The molecule has 0 spiro atoms. The van der Waals surface area contributed by atoms with E-state index < -0.39 is 0 Å². The molecule has 1 saturated carbocycles. The van der Waals surface area contributed by atoms with Gasteiger partial charge in [-0.25, -0.2) is 9.38 Å². The molecule has 1 aliphatic rings. The minimum atomic E-state index is -0.218. The van der Waals surface area contributed by atoms with Crippen LogP contribution in [0.3, 0.4) is 0 Å². The van der Waals surface area contributed by atoms with Crippen LogP contribution in [-0.2, 0) is 0 Å². The van der Waals surface area contributed by atoms with E-state index in [9.17, 15) is 4.39 Å². The van der Waals surface area contributed by atoms with Gasteiger partial charge in [-0.3, -0.25) is 0 Å². The van der Waals surface area contributed by atoms with Gasteiger partial charge in [0, 0.05) is 0 Å². The summed E-state index contributed by atoms with van der Waals surface area (Å²) in [6.45, 7) is 6.13. The zero-order valence-corrected chi connectivity index (χ0v) is 12.2. The molecule has 1 aliphatic carbocycles. The van der Waals surface area contributed by atoms with Crippen molar-refractivity contribution in [2.75, 3.05) is 0 Å². The molecule has 1 nitrogen and oxygen atoms in total. The van der Waals surface area contributed by atoms with Crippen LogP contribution in [0.15, 0.2) is 23.2 Å². The average molecular weight is 300 g/mol. The third kappa shape index (κ3) is 5.97. The van der Waals surface area contributed by atoms with E-state index in [2.05, 4.69) is 27.8 Å². The molecule has 1 fully saturated rings. The Balaban J connectivity index is 0.000000302. The lowest BCUT2D eigenvalue weighted by Gasteiger charge is -2.00. The van der Waals surface area contributed by atoms with Gasteiger partial charge in [-0.2, -0.15) is 0 Å². The molecule has 3 heteroatoms. The maximum Gasteiger partial charge on any atom is 0.123 e. The summed E-state index contributed by atoms with van der Waals surface area (Å²) in [5.74, 6) is 0.865. The average Bonchev–Trinajstić information content (AvgIpc) is 3.05. The van der Waals surface area contributed by atoms with Crippen molar-refractivity contribution in [2.24, 2.45) is 10.9 Å². The first-order chi connectivity index (χ1) is 8.02. The summed E-state index contributed by atoms with van der Waals surface area (Å²) in [6.07, 6.45) is 3.82. The Hall–Kier alpha value is -0.700. The summed E-state index contributed by atoms with van der Waals surface area (Å²) in [5.41, 5.74) is 1.67. The van der Waals surface area contributed by atoms with Gasteiger partial charge >= 0.3 is 0 Å². The summed E-state index contributed by atoms with van der Waals surface area (Å²) >= 11 is 3.32. The molecule has 0 saturated heterocycles. The molecule has 0 amide bonds. The summed E-state index contributed by atoms with van der Waals surface area (Å²) in [7, 11) is 0. The largest absolute Gasteiger partial charge is 0.246 e. The summed E-state index contributed by atoms with van der Waals surface area (Å²) in [4.78, 5) is 4.28.